The standard InChI is InChI=1S/C13H9.3C11H8O2.Ti/c1-3-7-12-10(5-1)9-11-6-2-4-8-13(11)12;3*12-11(13)10-7-3-5-8-4-1-2-6-9(8)10;/h1-5,7-8H,9H2;3*1-7H,(H,12,13);/q-1;;;;. The second-order valence-electron chi connectivity index (χ2n) is 11.9. The van der Waals surface area contributed by atoms with Crippen LogP contribution in [0.15, 0.2) is 170 Å². The first-order valence-electron chi connectivity index (χ1n) is 16.5. The van der Waals surface area contributed by atoms with Crippen LogP contribution in [0.3, 0.4) is 0 Å². The summed E-state index contributed by atoms with van der Waals surface area (Å²) in [6.07, 6.45) is 1.05. The number of fused-ring (bicyclic) bond motifs is 6. The minimum Gasteiger partial charge on any atom is -0.478 e. The first-order valence-corrected chi connectivity index (χ1v) is 16.5. The topological polar surface area (TPSA) is 112 Å². The molecular weight excluding hydrogens is 696 g/mol. The Morgan fingerprint density at radius 2 is 0.774 bits per heavy atom. The number of carboxylic acids is 3. The Morgan fingerprint density at radius 1 is 0.415 bits per heavy atom. The van der Waals surface area contributed by atoms with Crippen LogP contribution >= 0.6 is 0 Å². The van der Waals surface area contributed by atoms with Crippen LogP contribution in [0, 0.1) is 6.07 Å². The van der Waals surface area contributed by atoms with E-state index in [1.165, 1.54) is 22.3 Å². The SMILES string of the molecule is O=C(O)c1cccc2ccccc12.O=C(O)c1cccc2ccccc12.O=C(O)c1cccc2ccccc12.[Ti].[c-]1cccc2c1Cc1ccccc1-2. The van der Waals surface area contributed by atoms with Crippen LogP contribution in [0.1, 0.15) is 42.2 Å². The van der Waals surface area contributed by atoms with Gasteiger partial charge in [0, 0.05) is 21.7 Å². The Labute approximate surface area is 321 Å². The summed E-state index contributed by atoms with van der Waals surface area (Å²) in [5, 5.41) is 31.9. The fourth-order valence-electron chi connectivity index (χ4n) is 6.23. The van der Waals surface area contributed by atoms with Gasteiger partial charge < -0.3 is 15.3 Å². The Kier molecular flexibility index (Phi) is 12.7. The van der Waals surface area contributed by atoms with Gasteiger partial charge in [-0.15, -0.1) is 5.56 Å². The molecule has 0 bridgehead atoms. The van der Waals surface area contributed by atoms with Gasteiger partial charge in [-0.25, -0.2) is 14.4 Å². The maximum absolute atomic E-state index is 10.8. The fraction of sp³-hybridized carbons (Fsp3) is 0.0217. The summed E-state index contributed by atoms with van der Waals surface area (Å²) in [5.74, 6) is -2.63. The third-order valence-corrected chi connectivity index (χ3v) is 8.68. The normalized spacial score (nSPS) is 10.5. The smallest absolute Gasteiger partial charge is 0.336 e. The molecule has 0 aromatic heterocycles. The number of hydrogen-bond acceptors (Lipinski definition) is 3. The van der Waals surface area contributed by atoms with E-state index < -0.39 is 17.9 Å². The molecule has 3 N–H and O–H groups in total. The van der Waals surface area contributed by atoms with Crippen LogP contribution in [0.25, 0.3) is 43.4 Å². The monoisotopic (exact) mass is 729 g/mol. The number of carbonyl (C=O) groups is 3. The molecule has 8 aromatic carbocycles. The van der Waals surface area contributed by atoms with Crippen LogP contribution in [-0.4, -0.2) is 33.2 Å². The zero-order chi connectivity index (χ0) is 36.5. The van der Waals surface area contributed by atoms with Crippen molar-refractivity contribution in [2.24, 2.45) is 0 Å². The number of benzene rings is 8. The van der Waals surface area contributed by atoms with Gasteiger partial charge in [-0.3, -0.25) is 0 Å². The van der Waals surface area contributed by atoms with Crippen molar-refractivity contribution in [2.75, 3.05) is 0 Å². The quantitative estimate of drug-likeness (QED) is 0.123. The van der Waals surface area contributed by atoms with E-state index in [0.29, 0.717) is 16.7 Å². The molecule has 0 fully saturated rings. The van der Waals surface area contributed by atoms with Crippen LogP contribution in [0.5, 0.6) is 0 Å². The van der Waals surface area contributed by atoms with E-state index in [-0.39, 0.29) is 21.7 Å². The fourth-order valence-corrected chi connectivity index (χ4v) is 6.23. The molecule has 0 amide bonds. The van der Waals surface area contributed by atoms with Crippen molar-refractivity contribution in [1.29, 1.82) is 0 Å². The zero-order valence-electron chi connectivity index (χ0n) is 28.4. The van der Waals surface area contributed by atoms with Gasteiger partial charge in [0.1, 0.15) is 0 Å². The second-order valence-corrected chi connectivity index (χ2v) is 11.9. The third kappa shape index (κ3) is 8.94. The predicted molar refractivity (Wildman–Crippen MR) is 206 cm³/mol. The molecule has 1 aliphatic carbocycles. The van der Waals surface area contributed by atoms with Crippen LogP contribution in [0.2, 0.25) is 0 Å². The molecule has 0 aliphatic heterocycles. The van der Waals surface area contributed by atoms with Crippen molar-refractivity contribution in [2.45, 2.75) is 6.42 Å². The van der Waals surface area contributed by atoms with Crippen LogP contribution in [-0.2, 0) is 28.1 Å². The van der Waals surface area contributed by atoms with Crippen LogP contribution in [0.4, 0.5) is 0 Å². The number of rotatable bonds is 3. The molecule has 1 aliphatic rings. The van der Waals surface area contributed by atoms with Crippen molar-refractivity contribution < 1.29 is 51.4 Å². The molecule has 8 aromatic rings. The van der Waals surface area contributed by atoms with E-state index >= 15 is 0 Å². The zero-order valence-corrected chi connectivity index (χ0v) is 30.0. The molecule has 0 atom stereocenters. The van der Waals surface area contributed by atoms with Gasteiger partial charge in [0.25, 0.3) is 0 Å². The molecule has 0 saturated heterocycles. The largest absolute Gasteiger partial charge is 0.478 e. The number of hydrogen-bond donors (Lipinski definition) is 3. The first kappa shape index (κ1) is 37.9. The maximum atomic E-state index is 10.8. The summed E-state index contributed by atoms with van der Waals surface area (Å²) in [4.78, 5) is 32.4. The molecule has 0 saturated carbocycles. The predicted octanol–water partition coefficient (Wildman–Crippen LogP) is 10.7. The van der Waals surface area contributed by atoms with E-state index in [4.69, 9.17) is 15.3 Å². The Morgan fingerprint density at radius 3 is 1.21 bits per heavy atom. The molecule has 7 heteroatoms. The summed E-state index contributed by atoms with van der Waals surface area (Å²) in [6.45, 7) is 0. The van der Waals surface area contributed by atoms with Crippen molar-refractivity contribution in [1.82, 2.24) is 0 Å². The summed E-state index contributed by atoms with van der Waals surface area (Å²) >= 11 is 0. The van der Waals surface area contributed by atoms with E-state index in [1.54, 1.807) is 36.4 Å². The molecule has 9 rings (SSSR count). The first-order chi connectivity index (χ1) is 25.3. The molecular formula is C46H33O6Ti-. The van der Waals surface area contributed by atoms with Gasteiger partial charge in [0.2, 0.25) is 0 Å². The van der Waals surface area contributed by atoms with Gasteiger partial charge >= 0.3 is 17.9 Å². The minimum absolute atomic E-state index is 0. The van der Waals surface area contributed by atoms with Gasteiger partial charge in [0.15, 0.2) is 0 Å². The summed E-state index contributed by atoms with van der Waals surface area (Å²) < 4.78 is 0. The van der Waals surface area contributed by atoms with Crippen LogP contribution < -0.4 is 0 Å². The minimum atomic E-state index is -0.878. The van der Waals surface area contributed by atoms with E-state index in [9.17, 15) is 14.4 Å². The van der Waals surface area contributed by atoms with Crippen molar-refractivity contribution in [3.05, 3.63) is 204 Å². The average Bonchev–Trinajstić information content (AvgIpc) is 3.57. The summed E-state index contributed by atoms with van der Waals surface area (Å²) in [5.41, 5.74) is 6.59. The van der Waals surface area contributed by atoms with Crippen molar-refractivity contribution >= 4 is 50.2 Å². The average molecular weight is 730 g/mol. The van der Waals surface area contributed by atoms with Crippen molar-refractivity contribution in [3.8, 4) is 11.1 Å². The van der Waals surface area contributed by atoms with Gasteiger partial charge in [-0.2, -0.15) is 29.8 Å². The Bertz CT molecular complexity index is 2290. The third-order valence-electron chi connectivity index (χ3n) is 8.68. The second kappa shape index (κ2) is 17.7. The molecule has 0 spiro atoms. The number of aromatic carboxylic acids is 3. The molecule has 0 unspecified atom stereocenters. The molecule has 6 nitrogen and oxygen atoms in total. The Hall–Kier alpha value is -6.34. The van der Waals surface area contributed by atoms with Gasteiger partial charge in [-0.1, -0.05) is 145 Å². The number of carboxylic acid groups (broad SMARTS) is 3. The summed E-state index contributed by atoms with van der Waals surface area (Å²) in [7, 11) is 0. The molecule has 0 radical (unpaired) electrons. The van der Waals surface area contributed by atoms with Gasteiger partial charge in [-0.05, 0) is 56.9 Å². The van der Waals surface area contributed by atoms with E-state index in [1.807, 2.05) is 97.1 Å². The Balaban J connectivity index is 0.000000135. The van der Waals surface area contributed by atoms with Crippen molar-refractivity contribution in [3.63, 3.8) is 0 Å². The summed E-state index contributed by atoms with van der Waals surface area (Å²) in [6, 6.07) is 56.3. The van der Waals surface area contributed by atoms with E-state index in [2.05, 4.69) is 42.5 Å². The molecule has 0 heterocycles. The maximum Gasteiger partial charge on any atom is 0.336 e. The molecule has 53 heavy (non-hydrogen) atoms. The van der Waals surface area contributed by atoms with Gasteiger partial charge in [0.05, 0.1) is 16.7 Å². The van der Waals surface area contributed by atoms with E-state index in [0.717, 1.165) is 38.7 Å². The molecule has 258 valence electrons.